The van der Waals surface area contributed by atoms with Crippen molar-refractivity contribution in [2.45, 2.75) is 16.1 Å². The maximum absolute atomic E-state index is 12.9. The first-order valence-electron chi connectivity index (χ1n) is 7.23. The lowest BCUT2D eigenvalue weighted by Crippen LogP contribution is -2.27. The van der Waals surface area contributed by atoms with Crippen LogP contribution in [0, 0.1) is 5.41 Å². The Balaban J connectivity index is 2.06. The standard InChI is InChI=1S/C17H19NO3S/c18-11-17(12-19)15(13-7-3-1-4-8-13)16(17)22(20,21)14-9-5-2-6-10-14/h1-10,15-16,19H,11-12,18H2/t15-,16+,17-/m0/s1. The van der Waals surface area contributed by atoms with Gasteiger partial charge in [-0.15, -0.1) is 0 Å². The van der Waals surface area contributed by atoms with Crippen LogP contribution in [0.1, 0.15) is 11.5 Å². The molecule has 0 spiro atoms. The average molecular weight is 317 g/mol. The molecule has 22 heavy (non-hydrogen) atoms. The zero-order valence-electron chi connectivity index (χ0n) is 12.1. The minimum absolute atomic E-state index is 0.139. The molecule has 2 aromatic rings. The maximum atomic E-state index is 12.9. The van der Waals surface area contributed by atoms with Gasteiger partial charge in [0.1, 0.15) is 0 Å². The first-order chi connectivity index (χ1) is 10.6. The van der Waals surface area contributed by atoms with Crippen molar-refractivity contribution in [1.82, 2.24) is 0 Å². The van der Waals surface area contributed by atoms with Crippen LogP contribution in [-0.2, 0) is 9.84 Å². The minimum atomic E-state index is -3.53. The number of benzene rings is 2. The second-order valence-electron chi connectivity index (χ2n) is 5.76. The number of hydrogen-bond acceptors (Lipinski definition) is 4. The highest BCUT2D eigenvalue weighted by Crippen LogP contribution is 2.63. The van der Waals surface area contributed by atoms with Gasteiger partial charge in [0, 0.05) is 17.9 Å². The molecular formula is C17H19NO3S. The van der Waals surface area contributed by atoms with Crippen LogP contribution in [0.15, 0.2) is 65.6 Å². The monoisotopic (exact) mass is 317 g/mol. The van der Waals surface area contributed by atoms with E-state index in [4.69, 9.17) is 5.73 Å². The first kappa shape index (κ1) is 15.2. The van der Waals surface area contributed by atoms with E-state index in [9.17, 15) is 13.5 Å². The highest BCUT2D eigenvalue weighted by atomic mass is 32.2. The van der Waals surface area contributed by atoms with Crippen molar-refractivity contribution in [3.8, 4) is 0 Å². The van der Waals surface area contributed by atoms with E-state index in [2.05, 4.69) is 0 Å². The van der Waals surface area contributed by atoms with Crippen LogP contribution in [-0.4, -0.2) is 31.9 Å². The van der Waals surface area contributed by atoms with Crippen LogP contribution in [0.4, 0.5) is 0 Å². The van der Waals surface area contributed by atoms with E-state index < -0.39 is 20.5 Å². The molecule has 0 aromatic heterocycles. The molecule has 5 heteroatoms. The number of aliphatic hydroxyl groups is 1. The molecular weight excluding hydrogens is 298 g/mol. The summed E-state index contributed by atoms with van der Waals surface area (Å²) in [5, 5.41) is 9.14. The number of aliphatic hydroxyl groups excluding tert-OH is 1. The van der Waals surface area contributed by atoms with Crippen LogP contribution in [0.25, 0.3) is 0 Å². The van der Waals surface area contributed by atoms with E-state index >= 15 is 0 Å². The molecule has 3 atom stereocenters. The van der Waals surface area contributed by atoms with Crippen LogP contribution >= 0.6 is 0 Å². The van der Waals surface area contributed by atoms with Crippen LogP contribution in [0.3, 0.4) is 0 Å². The molecule has 1 aliphatic rings. The topological polar surface area (TPSA) is 80.4 Å². The summed E-state index contributed by atoms with van der Waals surface area (Å²) in [5.41, 5.74) is 5.96. The fraction of sp³-hybridized carbons (Fsp3) is 0.294. The Morgan fingerprint density at radius 3 is 2.05 bits per heavy atom. The number of nitrogens with two attached hydrogens (primary N) is 1. The number of rotatable bonds is 5. The third-order valence-corrected chi connectivity index (χ3v) is 6.96. The lowest BCUT2D eigenvalue weighted by atomic mass is 10.0. The second-order valence-corrected chi connectivity index (χ2v) is 7.83. The third-order valence-electron chi connectivity index (χ3n) is 4.62. The summed E-state index contributed by atoms with van der Waals surface area (Å²) in [7, 11) is -3.53. The summed E-state index contributed by atoms with van der Waals surface area (Å²) in [6.45, 7) is -0.0976. The lowest BCUT2D eigenvalue weighted by molar-refractivity contribution is 0.212. The first-order valence-corrected chi connectivity index (χ1v) is 8.77. The van der Waals surface area contributed by atoms with Crippen molar-refractivity contribution in [2.75, 3.05) is 13.2 Å². The normalized spacial score (nSPS) is 27.5. The molecule has 1 aliphatic carbocycles. The average Bonchev–Trinajstić information content (AvgIpc) is 3.27. The molecule has 1 fully saturated rings. The zero-order chi connectivity index (χ0) is 15.8. The molecule has 0 saturated heterocycles. The van der Waals surface area contributed by atoms with Crippen molar-refractivity contribution < 1.29 is 13.5 Å². The maximum Gasteiger partial charge on any atom is 0.182 e. The van der Waals surface area contributed by atoms with Crippen LogP contribution < -0.4 is 5.73 Å². The van der Waals surface area contributed by atoms with Gasteiger partial charge >= 0.3 is 0 Å². The van der Waals surface area contributed by atoms with Crippen molar-refractivity contribution in [3.05, 3.63) is 66.2 Å². The molecule has 0 radical (unpaired) electrons. The van der Waals surface area contributed by atoms with Crippen molar-refractivity contribution in [2.24, 2.45) is 11.1 Å². The van der Waals surface area contributed by atoms with E-state index in [0.29, 0.717) is 0 Å². The Morgan fingerprint density at radius 1 is 1.00 bits per heavy atom. The fourth-order valence-corrected chi connectivity index (χ4v) is 5.83. The van der Waals surface area contributed by atoms with Gasteiger partial charge in [0.15, 0.2) is 9.84 Å². The Kier molecular flexibility index (Phi) is 3.80. The van der Waals surface area contributed by atoms with Gasteiger partial charge in [0.05, 0.1) is 16.8 Å². The van der Waals surface area contributed by atoms with Gasteiger partial charge < -0.3 is 10.8 Å². The van der Waals surface area contributed by atoms with E-state index in [1.165, 1.54) is 0 Å². The van der Waals surface area contributed by atoms with Gasteiger partial charge in [-0.25, -0.2) is 8.42 Å². The Hall–Kier alpha value is -1.69. The molecule has 3 rings (SSSR count). The zero-order valence-corrected chi connectivity index (χ0v) is 12.9. The van der Waals surface area contributed by atoms with E-state index in [1.807, 2.05) is 30.3 Å². The highest BCUT2D eigenvalue weighted by Gasteiger charge is 2.69. The van der Waals surface area contributed by atoms with Gasteiger partial charge in [-0.05, 0) is 17.7 Å². The minimum Gasteiger partial charge on any atom is -0.396 e. The number of sulfone groups is 1. The molecule has 116 valence electrons. The van der Waals surface area contributed by atoms with Crippen molar-refractivity contribution >= 4 is 9.84 Å². The fourth-order valence-electron chi connectivity index (χ4n) is 3.36. The molecule has 4 nitrogen and oxygen atoms in total. The van der Waals surface area contributed by atoms with Crippen LogP contribution in [0.5, 0.6) is 0 Å². The summed E-state index contributed by atoms with van der Waals surface area (Å²) in [6.07, 6.45) is 0. The summed E-state index contributed by atoms with van der Waals surface area (Å²) in [6, 6.07) is 17.8. The number of hydrogen-bond donors (Lipinski definition) is 2. The van der Waals surface area contributed by atoms with Gasteiger partial charge in [0.25, 0.3) is 0 Å². The quantitative estimate of drug-likeness (QED) is 0.877. The molecule has 0 heterocycles. The van der Waals surface area contributed by atoms with Gasteiger partial charge in [0.2, 0.25) is 0 Å². The molecule has 1 saturated carbocycles. The molecule has 0 unspecified atom stereocenters. The van der Waals surface area contributed by atoms with Gasteiger partial charge in [-0.1, -0.05) is 48.5 Å². The smallest absolute Gasteiger partial charge is 0.182 e. The molecule has 0 bridgehead atoms. The SMILES string of the molecule is NC[C@@]1(CO)[C@H](S(=O)(=O)c2ccccc2)[C@@H]1c1ccccc1. The highest BCUT2D eigenvalue weighted by molar-refractivity contribution is 7.92. The molecule has 2 aromatic carbocycles. The lowest BCUT2D eigenvalue weighted by Gasteiger charge is -2.12. The predicted molar refractivity (Wildman–Crippen MR) is 85.2 cm³/mol. The summed E-state index contributed by atoms with van der Waals surface area (Å²) >= 11 is 0. The summed E-state index contributed by atoms with van der Waals surface area (Å²) < 4.78 is 25.9. The second kappa shape index (κ2) is 5.50. The van der Waals surface area contributed by atoms with E-state index in [-0.39, 0.29) is 24.0 Å². The van der Waals surface area contributed by atoms with Crippen molar-refractivity contribution in [3.63, 3.8) is 0 Å². The van der Waals surface area contributed by atoms with E-state index in [0.717, 1.165) is 5.56 Å². The Labute approximate surface area is 130 Å². The summed E-state index contributed by atoms with van der Waals surface area (Å²) in [4.78, 5) is 0.282. The van der Waals surface area contributed by atoms with Gasteiger partial charge in [-0.3, -0.25) is 0 Å². The van der Waals surface area contributed by atoms with Crippen LogP contribution in [0.2, 0.25) is 0 Å². The Morgan fingerprint density at radius 2 is 1.55 bits per heavy atom. The van der Waals surface area contributed by atoms with E-state index in [1.54, 1.807) is 30.3 Å². The summed E-state index contributed by atoms with van der Waals surface area (Å²) in [5.74, 6) is -0.270. The van der Waals surface area contributed by atoms with Crippen molar-refractivity contribution in [1.29, 1.82) is 0 Å². The largest absolute Gasteiger partial charge is 0.396 e. The molecule has 0 aliphatic heterocycles. The third kappa shape index (κ3) is 2.17. The molecule has 3 N–H and O–H groups in total. The molecule has 0 amide bonds. The Bertz CT molecular complexity index is 740. The predicted octanol–water partition coefficient (Wildman–Crippen LogP) is 1.56. The van der Waals surface area contributed by atoms with Gasteiger partial charge in [-0.2, -0.15) is 0 Å².